The lowest BCUT2D eigenvalue weighted by molar-refractivity contribution is -0.152. The Hall–Kier alpha value is -3.55. The minimum atomic E-state index is -0.693. The lowest BCUT2D eigenvalue weighted by Gasteiger charge is -2.21. The van der Waals surface area contributed by atoms with Gasteiger partial charge in [0.2, 0.25) is 0 Å². The second-order valence-corrected chi connectivity index (χ2v) is 6.76. The van der Waals surface area contributed by atoms with Gasteiger partial charge in [0.15, 0.2) is 6.61 Å². The molecule has 0 aliphatic carbocycles. The molecule has 0 aromatic heterocycles. The third-order valence-corrected chi connectivity index (χ3v) is 4.77. The van der Waals surface area contributed by atoms with E-state index < -0.39 is 36.1 Å². The number of esters is 1. The maximum absolute atomic E-state index is 13.3. The number of ether oxygens (including phenoxy) is 1. The normalized spacial score (nSPS) is 12.7. The number of fused-ring (bicyclic) bond motifs is 1. The van der Waals surface area contributed by atoms with Crippen molar-refractivity contribution in [2.75, 3.05) is 19.7 Å². The molecule has 1 aliphatic rings. The zero-order valence-electron chi connectivity index (χ0n) is 16.5. The number of imide groups is 1. The molecule has 1 aliphatic heterocycles. The summed E-state index contributed by atoms with van der Waals surface area (Å²) < 4.78 is 18.3. The summed E-state index contributed by atoms with van der Waals surface area (Å²) >= 11 is 0. The molecule has 3 rings (SSSR count). The fourth-order valence-electron chi connectivity index (χ4n) is 3.18. The van der Waals surface area contributed by atoms with Crippen LogP contribution in [-0.2, 0) is 20.9 Å². The van der Waals surface area contributed by atoms with Crippen molar-refractivity contribution in [1.82, 2.24) is 9.80 Å². The van der Waals surface area contributed by atoms with Crippen LogP contribution < -0.4 is 0 Å². The summed E-state index contributed by atoms with van der Waals surface area (Å²) in [5.74, 6) is -2.41. The Balaban J connectivity index is 1.48. The van der Waals surface area contributed by atoms with E-state index in [0.717, 1.165) is 4.90 Å². The van der Waals surface area contributed by atoms with Gasteiger partial charge in [0.1, 0.15) is 5.82 Å². The molecule has 1 heterocycles. The number of halogens is 1. The third-order valence-electron chi connectivity index (χ3n) is 4.77. The Labute approximate surface area is 173 Å². The lowest BCUT2D eigenvalue weighted by Crippen LogP contribution is -2.35. The van der Waals surface area contributed by atoms with Crippen LogP contribution in [0.25, 0.3) is 0 Å². The Morgan fingerprint density at radius 2 is 1.70 bits per heavy atom. The predicted octanol–water partition coefficient (Wildman–Crippen LogP) is 2.40. The molecule has 30 heavy (non-hydrogen) atoms. The van der Waals surface area contributed by atoms with Crippen LogP contribution in [0.15, 0.2) is 48.5 Å². The molecule has 0 N–H and O–H groups in total. The largest absolute Gasteiger partial charge is 0.456 e. The van der Waals surface area contributed by atoms with Crippen LogP contribution in [0.5, 0.6) is 0 Å². The first-order valence-electron chi connectivity index (χ1n) is 9.53. The van der Waals surface area contributed by atoms with Gasteiger partial charge in [-0.1, -0.05) is 24.3 Å². The molecule has 2 aromatic carbocycles. The first-order chi connectivity index (χ1) is 14.4. The standard InChI is InChI=1S/C22H21FN2O5/c1-2-24(13-15-6-5-7-16(23)12-15)19(26)14-30-20(27)10-11-25-21(28)17-8-3-4-9-18(17)22(25)29/h3-9,12H,2,10-11,13-14H2,1H3. The fourth-order valence-corrected chi connectivity index (χ4v) is 3.18. The highest BCUT2D eigenvalue weighted by atomic mass is 19.1. The third kappa shape index (κ3) is 4.71. The average molecular weight is 412 g/mol. The quantitative estimate of drug-likeness (QED) is 0.491. The Morgan fingerprint density at radius 1 is 1.03 bits per heavy atom. The van der Waals surface area contributed by atoms with Crippen LogP contribution in [0.3, 0.4) is 0 Å². The van der Waals surface area contributed by atoms with E-state index >= 15 is 0 Å². The highest BCUT2D eigenvalue weighted by Crippen LogP contribution is 2.22. The molecule has 3 amide bonds. The molecule has 0 saturated carbocycles. The molecule has 0 atom stereocenters. The molecule has 0 spiro atoms. The number of amides is 3. The first kappa shape index (κ1) is 21.2. The van der Waals surface area contributed by atoms with Crippen molar-refractivity contribution in [2.45, 2.75) is 19.9 Å². The summed E-state index contributed by atoms with van der Waals surface area (Å²) in [7, 11) is 0. The second-order valence-electron chi connectivity index (χ2n) is 6.76. The van der Waals surface area contributed by atoms with E-state index in [2.05, 4.69) is 0 Å². The Morgan fingerprint density at radius 3 is 2.30 bits per heavy atom. The van der Waals surface area contributed by atoms with Crippen molar-refractivity contribution < 1.29 is 28.3 Å². The molecule has 0 unspecified atom stereocenters. The zero-order chi connectivity index (χ0) is 21.7. The number of hydrogen-bond donors (Lipinski definition) is 0. The van der Waals surface area contributed by atoms with Gasteiger partial charge >= 0.3 is 5.97 Å². The highest BCUT2D eigenvalue weighted by Gasteiger charge is 2.35. The van der Waals surface area contributed by atoms with E-state index in [-0.39, 0.29) is 19.5 Å². The average Bonchev–Trinajstić information content (AvgIpc) is 2.99. The van der Waals surface area contributed by atoms with Gasteiger partial charge in [-0.3, -0.25) is 24.1 Å². The molecule has 2 aromatic rings. The lowest BCUT2D eigenvalue weighted by atomic mass is 10.1. The van der Waals surface area contributed by atoms with Crippen molar-refractivity contribution >= 4 is 23.7 Å². The fraction of sp³-hybridized carbons (Fsp3) is 0.273. The van der Waals surface area contributed by atoms with Gasteiger partial charge in [0.25, 0.3) is 17.7 Å². The number of carbonyl (C=O) groups is 4. The molecule has 0 radical (unpaired) electrons. The zero-order valence-corrected chi connectivity index (χ0v) is 16.5. The van der Waals surface area contributed by atoms with Crippen LogP contribution in [-0.4, -0.2) is 53.2 Å². The predicted molar refractivity (Wildman–Crippen MR) is 105 cm³/mol. The molecule has 0 bridgehead atoms. The van der Waals surface area contributed by atoms with Crippen molar-refractivity contribution in [3.8, 4) is 0 Å². The van der Waals surface area contributed by atoms with Gasteiger partial charge in [-0.25, -0.2) is 4.39 Å². The molecule has 0 fully saturated rings. The SMILES string of the molecule is CCN(Cc1cccc(F)c1)C(=O)COC(=O)CCN1C(=O)c2ccccc2C1=O. The Bertz CT molecular complexity index is 956. The Kier molecular flexibility index (Phi) is 6.56. The minimum Gasteiger partial charge on any atom is -0.456 e. The molecular formula is C22H21FN2O5. The molecular weight excluding hydrogens is 391 g/mol. The van der Waals surface area contributed by atoms with E-state index in [1.807, 2.05) is 0 Å². The molecule has 156 valence electrons. The summed E-state index contributed by atoms with van der Waals surface area (Å²) in [6.07, 6.45) is -0.214. The van der Waals surface area contributed by atoms with Crippen LogP contribution in [0, 0.1) is 5.82 Å². The number of nitrogens with zero attached hydrogens (tertiary/aromatic N) is 2. The van der Waals surface area contributed by atoms with Gasteiger partial charge in [-0.15, -0.1) is 0 Å². The monoisotopic (exact) mass is 412 g/mol. The second kappa shape index (κ2) is 9.30. The number of benzene rings is 2. The van der Waals surface area contributed by atoms with Crippen molar-refractivity contribution in [3.63, 3.8) is 0 Å². The maximum atomic E-state index is 13.3. The van der Waals surface area contributed by atoms with Crippen molar-refractivity contribution in [1.29, 1.82) is 0 Å². The molecule has 0 saturated heterocycles. The van der Waals surface area contributed by atoms with E-state index in [1.165, 1.54) is 17.0 Å². The van der Waals surface area contributed by atoms with Crippen LogP contribution >= 0.6 is 0 Å². The summed E-state index contributed by atoms with van der Waals surface area (Å²) in [5.41, 5.74) is 1.24. The van der Waals surface area contributed by atoms with Gasteiger partial charge in [0.05, 0.1) is 17.5 Å². The smallest absolute Gasteiger partial charge is 0.308 e. The van der Waals surface area contributed by atoms with E-state index in [1.54, 1.807) is 43.3 Å². The van der Waals surface area contributed by atoms with Gasteiger partial charge in [-0.05, 0) is 36.8 Å². The van der Waals surface area contributed by atoms with E-state index in [0.29, 0.717) is 23.2 Å². The van der Waals surface area contributed by atoms with Crippen LogP contribution in [0.1, 0.15) is 39.6 Å². The number of rotatable bonds is 8. The van der Waals surface area contributed by atoms with Gasteiger partial charge < -0.3 is 9.64 Å². The van der Waals surface area contributed by atoms with Crippen LogP contribution in [0.2, 0.25) is 0 Å². The summed E-state index contributed by atoms with van der Waals surface area (Å²) in [6.45, 7) is 1.73. The minimum absolute atomic E-state index is 0.125. The maximum Gasteiger partial charge on any atom is 0.308 e. The van der Waals surface area contributed by atoms with Gasteiger partial charge in [-0.2, -0.15) is 0 Å². The van der Waals surface area contributed by atoms with Crippen molar-refractivity contribution in [2.24, 2.45) is 0 Å². The molecule has 7 nitrogen and oxygen atoms in total. The summed E-state index contributed by atoms with van der Waals surface area (Å²) in [5, 5.41) is 0. The van der Waals surface area contributed by atoms with E-state index in [4.69, 9.17) is 4.74 Å². The van der Waals surface area contributed by atoms with Gasteiger partial charge in [0, 0.05) is 19.6 Å². The number of carbonyl (C=O) groups excluding carboxylic acids is 4. The first-order valence-corrected chi connectivity index (χ1v) is 9.53. The van der Waals surface area contributed by atoms with Crippen LogP contribution in [0.4, 0.5) is 4.39 Å². The molecule has 8 heteroatoms. The summed E-state index contributed by atoms with van der Waals surface area (Å²) in [4.78, 5) is 51.3. The highest BCUT2D eigenvalue weighted by molar-refractivity contribution is 6.21. The topological polar surface area (TPSA) is 84.0 Å². The van der Waals surface area contributed by atoms with Crippen molar-refractivity contribution in [3.05, 3.63) is 71.0 Å². The van der Waals surface area contributed by atoms with E-state index in [9.17, 15) is 23.6 Å². The number of likely N-dealkylation sites (N-methyl/N-ethyl adjacent to an activating group) is 1. The number of hydrogen-bond acceptors (Lipinski definition) is 5. The summed E-state index contributed by atoms with van der Waals surface area (Å²) in [6, 6.07) is 12.4.